The lowest BCUT2D eigenvalue weighted by Gasteiger charge is -2.11. The van der Waals surface area contributed by atoms with Crippen molar-refractivity contribution in [2.75, 3.05) is 5.73 Å². The minimum absolute atomic E-state index is 0.0219. The van der Waals surface area contributed by atoms with Crippen LogP contribution in [-0.4, -0.2) is 15.3 Å². The number of aromatic amines is 1. The molecule has 4 N–H and O–H groups in total. The Kier molecular flexibility index (Phi) is 3.31. The number of rotatable bonds is 3. The van der Waals surface area contributed by atoms with E-state index in [0.29, 0.717) is 16.9 Å². The van der Waals surface area contributed by atoms with Crippen LogP contribution in [0.5, 0.6) is 0 Å². The molecule has 17 heavy (non-hydrogen) atoms. The molecule has 90 valence electrons. The molecule has 0 saturated heterocycles. The Balaban J connectivity index is 2.22. The second kappa shape index (κ2) is 4.73. The third-order valence-corrected chi connectivity index (χ3v) is 2.93. The number of nitrogens with two attached hydrogens (primary N) is 1. The Labute approximate surface area is 102 Å². The minimum Gasteiger partial charge on any atom is -0.388 e. The van der Waals surface area contributed by atoms with E-state index in [2.05, 4.69) is 10.2 Å². The van der Waals surface area contributed by atoms with E-state index in [4.69, 9.17) is 17.3 Å². The van der Waals surface area contributed by atoms with Crippen LogP contribution in [0.15, 0.2) is 24.4 Å². The molecule has 1 heterocycles. The Hall–Kier alpha value is -1.59. The SMILES string of the molecule is Nc1[nH]ncc1C(O)Cc1cccc(F)c1Cl. The number of halogens is 2. The van der Waals surface area contributed by atoms with Crippen molar-refractivity contribution in [1.82, 2.24) is 10.2 Å². The molecule has 0 amide bonds. The Morgan fingerprint density at radius 1 is 1.53 bits per heavy atom. The highest BCUT2D eigenvalue weighted by Crippen LogP contribution is 2.26. The normalized spacial score (nSPS) is 12.6. The molecule has 0 spiro atoms. The van der Waals surface area contributed by atoms with Gasteiger partial charge >= 0.3 is 0 Å². The fourth-order valence-corrected chi connectivity index (χ4v) is 1.80. The van der Waals surface area contributed by atoms with Gasteiger partial charge in [0.2, 0.25) is 0 Å². The van der Waals surface area contributed by atoms with Crippen molar-refractivity contribution >= 4 is 17.4 Å². The molecule has 0 bridgehead atoms. The maximum Gasteiger partial charge on any atom is 0.142 e. The molecule has 1 aromatic heterocycles. The topological polar surface area (TPSA) is 74.9 Å². The molecular formula is C11H11ClFN3O. The molecule has 2 rings (SSSR count). The maximum atomic E-state index is 13.2. The summed E-state index contributed by atoms with van der Waals surface area (Å²) in [7, 11) is 0. The Morgan fingerprint density at radius 3 is 2.94 bits per heavy atom. The van der Waals surface area contributed by atoms with Gasteiger partial charge in [0.25, 0.3) is 0 Å². The van der Waals surface area contributed by atoms with Crippen molar-refractivity contribution in [3.05, 3.63) is 46.4 Å². The fourth-order valence-electron chi connectivity index (χ4n) is 1.60. The quantitative estimate of drug-likeness (QED) is 0.786. The molecule has 0 radical (unpaired) electrons. The first kappa shape index (κ1) is 11.9. The van der Waals surface area contributed by atoms with Gasteiger partial charge in [-0.25, -0.2) is 4.39 Å². The van der Waals surface area contributed by atoms with E-state index >= 15 is 0 Å². The zero-order chi connectivity index (χ0) is 12.4. The number of nitrogens with zero attached hydrogens (tertiary/aromatic N) is 1. The summed E-state index contributed by atoms with van der Waals surface area (Å²) in [5, 5.41) is 16.2. The predicted molar refractivity (Wildman–Crippen MR) is 63.1 cm³/mol. The smallest absolute Gasteiger partial charge is 0.142 e. The average molecular weight is 256 g/mol. The molecule has 0 aliphatic rings. The van der Waals surface area contributed by atoms with E-state index in [1.165, 1.54) is 12.3 Å². The fraction of sp³-hybridized carbons (Fsp3) is 0.182. The molecule has 2 aromatic rings. The first-order chi connectivity index (χ1) is 8.09. The number of aliphatic hydroxyl groups is 1. The molecule has 0 aliphatic heterocycles. The molecule has 1 atom stereocenters. The second-order valence-corrected chi connectivity index (χ2v) is 4.05. The van der Waals surface area contributed by atoms with Crippen molar-refractivity contribution in [2.45, 2.75) is 12.5 Å². The molecule has 1 unspecified atom stereocenters. The molecule has 0 saturated carbocycles. The number of hydrogen-bond acceptors (Lipinski definition) is 3. The number of aromatic nitrogens is 2. The summed E-state index contributed by atoms with van der Waals surface area (Å²) in [5.41, 5.74) is 6.58. The van der Waals surface area contributed by atoms with Crippen LogP contribution in [0, 0.1) is 5.82 Å². The van der Waals surface area contributed by atoms with Crippen molar-refractivity contribution < 1.29 is 9.50 Å². The molecule has 0 fully saturated rings. The van der Waals surface area contributed by atoms with Gasteiger partial charge in [-0.2, -0.15) is 5.10 Å². The first-order valence-electron chi connectivity index (χ1n) is 4.99. The van der Waals surface area contributed by atoms with Gasteiger partial charge in [-0.3, -0.25) is 5.10 Å². The van der Waals surface area contributed by atoms with E-state index in [-0.39, 0.29) is 11.4 Å². The van der Waals surface area contributed by atoms with Gasteiger partial charge in [-0.05, 0) is 11.6 Å². The summed E-state index contributed by atoms with van der Waals surface area (Å²) in [4.78, 5) is 0. The summed E-state index contributed by atoms with van der Waals surface area (Å²) < 4.78 is 13.2. The number of hydrogen-bond donors (Lipinski definition) is 3. The van der Waals surface area contributed by atoms with Gasteiger partial charge < -0.3 is 10.8 Å². The van der Waals surface area contributed by atoms with Crippen LogP contribution in [0.3, 0.4) is 0 Å². The monoisotopic (exact) mass is 255 g/mol. The molecule has 6 heteroatoms. The van der Waals surface area contributed by atoms with Gasteiger partial charge in [-0.1, -0.05) is 23.7 Å². The highest BCUT2D eigenvalue weighted by atomic mass is 35.5. The molecule has 1 aromatic carbocycles. The third-order valence-electron chi connectivity index (χ3n) is 2.50. The molecular weight excluding hydrogens is 245 g/mol. The zero-order valence-corrected chi connectivity index (χ0v) is 9.58. The predicted octanol–water partition coefficient (Wildman–Crippen LogP) is 2.06. The van der Waals surface area contributed by atoms with Gasteiger partial charge in [-0.15, -0.1) is 0 Å². The number of nitrogens with one attached hydrogen (secondary N) is 1. The molecule has 0 aliphatic carbocycles. The summed E-state index contributed by atoms with van der Waals surface area (Å²) in [6.07, 6.45) is 0.751. The van der Waals surface area contributed by atoms with Crippen molar-refractivity contribution in [3.8, 4) is 0 Å². The largest absolute Gasteiger partial charge is 0.388 e. The lowest BCUT2D eigenvalue weighted by atomic mass is 10.0. The van der Waals surface area contributed by atoms with Crippen molar-refractivity contribution in [2.24, 2.45) is 0 Å². The van der Waals surface area contributed by atoms with Crippen LogP contribution in [0.25, 0.3) is 0 Å². The van der Waals surface area contributed by atoms with Crippen LogP contribution >= 0.6 is 11.6 Å². The highest BCUT2D eigenvalue weighted by molar-refractivity contribution is 6.31. The first-order valence-corrected chi connectivity index (χ1v) is 5.37. The number of H-pyrrole nitrogens is 1. The van der Waals surface area contributed by atoms with E-state index in [9.17, 15) is 9.50 Å². The lowest BCUT2D eigenvalue weighted by Crippen LogP contribution is -2.04. The minimum atomic E-state index is -0.868. The van der Waals surface area contributed by atoms with E-state index in [0.717, 1.165) is 0 Å². The number of nitrogen functional groups attached to an aromatic ring is 1. The standard InChI is InChI=1S/C11H11ClFN3O/c12-10-6(2-1-3-8(10)13)4-9(17)7-5-15-16-11(7)14/h1-3,5,9,17H,4H2,(H3,14,15,16). The van der Waals surface area contributed by atoms with E-state index < -0.39 is 11.9 Å². The zero-order valence-electron chi connectivity index (χ0n) is 8.82. The summed E-state index contributed by atoms with van der Waals surface area (Å²) >= 11 is 5.80. The van der Waals surface area contributed by atoms with Gasteiger partial charge in [0.1, 0.15) is 11.6 Å². The highest BCUT2D eigenvalue weighted by Gasteiger charge is 2.16. The average Bonchev–Trinajstić information content (AvgIpc) is 2.71. The van der Waals surface area contributed by atoms with Gasteiger partial charge in [0.15, 0.2) is 0 Å². The van der Waals surface area contributed by atoms with E-state index in [1.54, 1.807) is 12.1 Å². The summed E-state index contributed by atoms with van der Waals surface area (Å²) in [6, 6.07) is 4.47. The van der Waals surface area contributed by atoms with E-state index in [1.807, 2.05) is 0 Å². The Morgan fingerprint density at radius 2 is 2.29 bits per heavy atom. The van der Waals surface area contributed by atoms with Crippen molar-refractivity contribution in [3.63, 3.8) is 0 Å². The maximum absolute atomic E-state index is 13.2. The number of aliphatic hydroxyl groups excluding tert-OH is 1. The number of benzene rings is 1. The lowest BCUT2D eigenvalue weighted by molar-refractivity contribution is 0.179. The van der Waals surface area contributed by atoms with Crippen LogP contribution in [0.4, 0.5) is 10.2 Å². The summed E-state index contributed by atoms with van der Waals surface area (Å²) in [5.74, 6) is -0.207. The van der Waals surface area contributed by atoms with Gasteiger partial charge in [0.05, 0.1) is 17.3 Å². The second-order valence-electron chi connectivity index (χ2n) is 3.67. The Bertz CT molecular complexity index is 529. The molecule has 4 nitrogen and oxygen atoms in total. The van der Waals surface area contributed by atoms with Crippen LogP contribution in [0.1, 0.15) is 17.2 Å². The van der Waals surface area contributed by atoms with Crippen LogP contribution in [0.2, 0.25) is 5.02 Å². The van der Waals surface area contributed by atoms with Gasteiger partial charge in [0, 0.05) is 12.0 Å². The number of anilines is 1. The third kappa shape index (κ3) is 2.40. The van der Waals surface area contributed by atoms with Crippen molar-refractivity contribution in [1.29, 1.82) is 0 Å². The van der Waals surface area contributed by atoms with Crippen LogP contribution in [-0.2, 0) is 6.42 Å². The summed E-state index contributed by atoms with van der Waals surface area (Å²) in [6.45, 7) is 0. The van der Waals surface area contributed by atoms with Crippen LogP contribution < -0.4 is 5.73 Å².